The number of rotatable bonds is 4. The molecule has 2 rings (SSSR count). The van der Waals surface area contributed by atoms with Gasteiger partial charge in [0.25, 0.3) is 10.0 Å². The quantitative estimate of drug-likeness (QED) is 0.749. The summed E-state index contributed by atoms with van der Waals surface area (Å²) in [6, 6.07) is 6.50. The van der Waals surface area contributed by atoms with Crippen molar-refractivity contribution in [2.24, 2.45) is 0 Å². The second-order valence-electron chi connectivity index (χ2n) is 3.57. The number of hydrogen-bond donors (Lipinski definition) is 3. The molecule has 0 saturated carbocycles. The van der Waals surface area contributed by atoms with Gasteiger partial charge in [-0.2, -0.15) is 0 Å². The minimum atomic E-state index is -3.73. The summed E-state index contributed by atoms with van der Waals surface area (Å²) < 4.78 is 26.2. The standard InChI is InChI=1S/C11H9NO5S2/c13-9-4-3-7(6-8(9)11(14)15)12-19(16,17)10-2-1-5-18-10/h1-6,12-13H,(H,14,15). The Bertz CT molecular complexity index is 707. The van der Waals surface area contributed by atoms with E-state index in [1.807, 2.05) is 0 Å². The average molecular weight is 299 g/mol. The molecule has 3 N–H and O–H groups in total. The number of sulfonamides is 1. The molecule has 19 heavy (non-hydrogen) atoms. The lowest BCUT2D eigenvalue weighted by Gasteiger charge is -2.07. The lowest BCUT2D eigenvalue weighted by molar-refractivity contribution is 0.0694. The van der Waals surface area contributed by atoms with E-state index >= 15 is 0 Å². The van der Waals surface area contributed by atoms with Gasteiger partial charge >= 0.3 is 5.97 Å². The van der Waals surface area contributed by atoms with Crippen molar-refractivity contribution in [3.63, 3.8) is 0 Å². The Morgan fingerprint density at radius 2 is 2.00 bits per heavy atom. The molecule has 0 aliphatic heterocycles. The minimum absolute atomic E-state index is 0.0728. The van der Waals surface area contributed by atoms with Crippen LogP contribution in [0.15, 0.2) is 39.9 Å². The largest absolute Gasteiger partial charge is 0.507 e. The number of nitrogens with one attached hydrogen (secondary N) is 1. The molecule has 0 unspecified atom stereocenters. The SMILES string of the molecule is O=C(O)c1cc(NS(=O)(=O)c2cccs2)ccc1O. The van der Waals surface area contributed by atoms with Crippen LogP contribution in [0.4, 0.5) is 5.69 Å². The van der Waals surface area contributed by atoms with Crippen LogP contribution in [0, 0.1) is 0 Å². The molecule has 6 nitrogen and oxygen atoms in total. The summed E-state index contributed by atoms with van der Waals surface area (Å²) in [7, 11) is -3.73. The van der Waals surface area contributed by atoms with E-state index in [0.717, 1.165) is 23.5 Å². The first-order valence-electron chi connectivity index (χ1n) is 5.03. The number of benzene rings is 1. The van der Waals surface area contributed by atoms with Crippen LogP contribution < -0.4 is 4.72 Å². The fourth-order valence-electron chi connectivity index (χ4n) is 1.39. The maximum Gasteiger partial charge on any atom is 0.339 e. The van der Waals surface area contributed by atoms with Crippen molar-refractivity contribution in [1.82, 2.24) is 0 Å². The van der Waals surface area contributed by atoms with E-state index in [1.165, 1.54) is 12.1 Å². The van der Waals surface area contributed by atoms with Gasteiger partial charge in [0.15, 0.2) is 0 Å². The van der Waals surface area contributed by atoms with Crippen molar-refractivity contribution in [2.75, 3.05) is 4.72 Å². The number of carbonyl (C=O) groups is 1. The zero-order valence-electron chi connectivity index (χ0n) is 9.40. The van der Waals surface area contributed by atoms with Gasteiger partial charge in [0.2, 0.25) is 0 Å². The molecule has 0 radical (unpaired) electrons. The van der Waals surface area contributed by atoms with Crippen LogP contribution in [0.5, 0.6) is 5.75 Å². The van der Waals surface area contributed by atoms with E-state index in [1.54, 1.807) is 11.4 Å². The number of hydrogen-bond acceptors (Lipinski definition) is 5. The Hall–Kier alpha value is -2.06. The summed E-state index contributed by atoms with van der Waals surface area (Å²) in [5.41, 5.74) is -0.296. The predicted octanol–water partition coefficient (Wildman–Crippen LogP) is 1.95. The molecule has 0 bridgehead atoms. The Kier molecular flexibility index (Phi) is 3.45. The average Bonchev–Trinajstić information content (AvgIpc) is 2.85. The molecule has 1 aromatic carbocycles. The van der Waals surface area contributed by atoms with Gasteiger partial charge in [0.1, 0.15) is 15.5 Å². The Morgan fingerprint density at radius 3 is 2.58 bits per heavy atom. The van der Waals surface area contributed by atoms with E-state index in [-0.39, 0.29) is 15.5 Å². The third-order valence-electron chi connectivity index (χ3n) is 2.24. The number of aromatic carboxylic acids is 1. The molecule has 100 valence electrons. The van der Waals surface area contributed by atoms with Crippen molar-refractivity contribution in [2.45, 2.75) is 4.21 Å². The second-order valence-corrected chi connectivity index (χ2v) is 6.43. The summed E-state index contributed by atoms with van der Waals surface area (Å²) in [6.45, 7) is 0. The minimum Gasteiger partial charge on any atom is -0.507 e. The van der Waals surface area contributed by atoms with Crippen LogP contribution in [0.25, 0.3) is 0 Å². The molecule has 0 spiro atoms. The Balaban J connectivity index is 2.35. The molecule has 1 aromatic heterocycles. The summed E-state index contributed by atoms with van der Waals surface area (Å²) >= 11 is 1.05. The topological polar surface area (TPSA) is 104 Å². The van der Waals surface area contributed by atoms with Crippen molar-refractivity contribution in [3.8, 4) is 5.75 Å². The fourth-order valence-corrected chi connectivity index (χ4v) is 3.44. The molecule has 0 aliphatic rings. The van der Waals surface area contributed by atoms with Gasteiger partial charge in [-0.05, 0) is 29.6 Å². The normalized spacial score (nSPS) is 11.2. The number of thiophene rings is 1. The maximum absolute atomic E-state index is 11.9. The second kappa shape index (κ2) is 4.90. The van der Waals surface area contributed by atoms with Crippen LogP contribution >= 0.6 is 11.3 Å². The molecule has 0 saturated heterocycles. The number of anilines is 1. The van der Waals surface area contributed by atoms with E-state index in [9.17, 15) is 18.3 Å². The highest BCUT2D eigenvalue weighted by atomic mass is 32.2. The first-order valence-corrected chi connectivity index (χ1v) is 7.39. The first-order chi connectivity index (χ1) is 8.90. The van der Waals surface area contributed by atoms with Gasteiger partial charge in [-0.3, -0.25) is 4.72 Å². The lowest BCUT2D eigenvalue weighted by Crippen LogP contribution is -2.12. The molecular weight excluding hydrogens is 290 g/mol. The molecule has 0 amide bonds. The van der Waals surface area contributed by atoms with Gasteiger partial charge in [-0.25, -0.2) is 13.2 Å². The zero-order valence-corrected chi connectivity index (χ0v) is 11.0. The van der Waals surface area contributed by atoms with Gasteiger partial charge in [0, 0.05) is 5.69 Å². The highest BCUT2D eigenvalue weighted by Gasteiger charge is 2.17. The number of phenols is 1. The third-order valence-corrected chi connectivity index (χ3v) is 5.02. The number of carboxylic acids is 1. The van der Waals surface area contributed by atoms with Crippen LogP contribution in [-0.2, 0) is 10.0 Å². The lowest BCUT2D eigenvalue weighted by atomic mass is 10.2. The molecule has 0 fully saturated rings. The van der Waals surface area contributed by atoms with Crippen LogP contribution in [0.1, 0.15) is 10.4 Å². The fraction of sp³-hybridized carbons (Fsp3) is 0. The highest BCUT2D eigenvalue weighted by Crippen LogP contribution is 2.24. The zero-order chi connectivity index (χ0) is 14.0. The first kappa shape index (κ1) is 13.4. The molecule has 8 heteroatoms. The molecule has 0 atom stereocenters. The van der Waals surface area contributed by atoms with Crippen molar-refractivity contribution in [3.05, 3.63) is 41.3 Å². The van der Waals surface area contributed by atoms with E-state index < -0.39 is 21.7 Å². The van der Waals surface area contributed by atoms with Crippen molar-refractivity contribution in [1.29, 1.82) is 0 Å². The monoisotopic (exact) mass is 299 g/mol. The van der Waals surface area contributed by atoms with Gasteiger partial charge < -0.3 is 10.2 Å². The predicted molar refractivity (Wildman–Crippen MR) is 70.2 cm³/mol. The van der Waals surface area contributed by atoms with Gasteiger partial charge in [0.05, 0.1) is 0 Å². The maximum atomic E-state index is 11.9. The molecular formula is C11H9NO5S2. The van der Waals surface area contributed by atoms with Crippen LogP contribution in [-0.4, -0.2) is 24.6 Å². The van der Waals surface area contributed by atoms with Crippen LogP contribution in [0.2, 0.25) is 0 Å². The van der Waals surface area contributed by atoms with E-state index in [0.29, 0.717) is 0 Å². The summed E-state index contributed by atoms with van der Waals surface area (Å²) in [6.07, 6.45) is 0. The summed E-state index contributed by atoms with van der Waals surface area (Å²) in [5, 5.41) is 19.8. The molecule has 2 aromatic rings. The third kappa shape index (κ3) is 2.85. The Labute approximate surface area is 113 Å². The van der Waals surface area contributed by atoms with Gasteiger partial charge in [-0.1, -0.05) is 6.07 Å². The smallest absolute Gasteiger partial charge is 0.339 e. The van der Waals surface area contributed by atoms with E-state index in [2.05, 4.69) is 4.72 Å². The highest BCUT2D eigenvalue weighted by molar-refractivity contribution is 7.94. The molecule has 0 aliphatic carbocycles. The summed E-state index contributed by atoms with van der Waals surface area (Å²) in [4.78, 5) is 10.8. The number of aromatic hydroxyl groups is 1. The summed E-state index contributed by atoms with van der Waals surface area (Å²) in [5.74, 6) is -1.76. The van der Waals surface area contributed by atoms with Crippen LogP contribution in [0.3, 0.4) is 0 Å². The van der Waals surface area contributed by atoms with Gasteiger partial charge in [-0.15, -0.1) is 11.3 Å². The van der Waals surface area contributed by atoms with Crippen molar-refractivity contribution < 1.29 is 23.4 Å². The number of carboxylic acid groups (broad SMARTS) is 1. The van der Waals surface area contributed by atoms with E-state index in [4.69, 9.17) is 5.11 Å². The molecule has 1 heterocycles. The Morgan fingerprint density at radius 1 is 1.26 bits per heavy atom. The van der Waals surface area contributed by atoms with Crippen molar-refractivity contribution >= 4 is 33.0 Å².